The standard InChI is InChI=1S/C17H17Cl2NO4S/c1-4-7-20(14-9-12(18)8-13(19)10-14)25(21,22)15-5-6-16(23-2)17(11-15)24-3/h4-6,8-11H,1,7H2,2-3H3. The highest BCUT2D eigenvalue weighted by Crippen LogP contribution is 2.33. The van der Waals surface area contributed by atoms with Crippen molar-refractivity contribution >= 4 is 38.9 Å². The molecule has 8 heteroatoms. The lowest BCUT2D eigenvalue weighted by atomic mass is 10.3. The molecule has 0 aromatic heterocycles. The second-order valence-electron chi connectivity index (χ2n) is 4.97. The molecular formula is C17H17Cl2NO4S. The van der Waals surface area contributed by atoms with Gasteiger partial charge in [-0.2, -0.15) is 0 Å². The van der Waals surface area contributed by atoms with Gasteiger partial charge in [0.2, 0.25) is 0 Å². The van der Waals surface area contributed by atoms with Crippen LogP contribution in [0.3, 0.4) is 0 Å². The lowest BCUT2D eigenvalue weighted by Crippen LogP contribution is -2.31. The van der Waals surface area contributed by atoms with E-state index in [-0.39, 0.29) is 11.4 Å². The quantitative estimate of drug-likeness (QED) is 0.645. The maximum absolute atomic E-state index is 13.1. The van der Waals surface area contributed by atoms with E-state index in [0.717, 1.165) is 0 Å². The fourth-order valence-corrected chi connectivity index (χ4v) is 4.20. The molecule has 0 heterocycles. The van der Waals surface area contributed by atoms with Crippen LogP contribution in [0.25, 0.3) is 0 Å². The molecule has 0 atom stereocenters. The van der Waals surface area contributed by atoms with Gasteiger partial charge in [-0.1, -0.05) is 29.3 Å². The molecule has 2 rings (SSSR count). The van der Waals surface area contributed by atoms with Gasteiger partial charge in [-0.15, -0.1) is 6.58 Å². The molecule has 134 valence electrons. The van der Waals surface area contributed by atoms with Gasteiger partial charge in [0.25, 0.3) is 10.0 Å². The summed E-state index contributed by atoms with van der Waals surface area (Å²) < 4.78 is 37.7. The zero-order valence-corrected chi connectivity index (χ0v) is 16.0. The second-order valence-corrected chi connectivity index (χ2v) is 7.70. The van der Waals surface area contributed by atoms with E-state index in [9.17, 15) is 8.42 Å². The molecule has 0 saturated carbocycles. The van der Waals surface area contributed by atoms with Crippen LogP contribution in [-0.2, 0) is 10.0 Å². The maximum atomic E-state index is 13.1. The molecule has 0 spiro atoms. The summed E-state index contributed by atoms with van der Waals surface area (Å²) in [6.45, 7) is 3.67. The smallest absolute Gasteiger partial charge is 0.264 e. The minimum absolute atomic E-state index is 0.0445. The van der Waals surface area contributed by atoms with Crippen LogP contribution < -0.4 is 13.8 Å². The van der Waals surface area contributed by atoms with Crippen LogP contribution in [0, 0.1) is 0 Å². The van der Waals surface area contributed by atoms with Crippen LogP contribution in [0.15, 0.2) is 53.9 Å². The molecule has 0 aliphatic heterocycles. The van der Waals surface area contributed by atoms with Crippen molar-refractivity contribution in [3.05, 3.63) is 59.1 Å². The normalized spacial score (nSPS) is 11.0. The van der Waals surface area contributed by atoms with Gasteiger partial charge in [0.1, 0.15) is 0 Å². The number of anilines is 1. The lowest BCUT2D eigenvalue weighted by molar-refractivity contribution is 0.354. The van der Waals surface area contributed by atoms with E-state index in [1.54, 1.807) is 0 Å². The Morgan fingerprint density at radius 2 is 1.64 bits per heavy atom. The molecule has 0 saturated heterocycles. The Labute approximate surface area is 157 Å². The maximum Gasteiger partial charge on any atom is 0.264 e. The van der Waals surface area contributed by atoms with Crippen molar-refractivity contribution in [3.63, 3.8) is 0 Å². The van der Waals surface area contributed by atoms with Crippen LogP contribution in [-0.4, -0.2) is 29.2 Å². The zero-order chi connectivity index (χ0) is 18.6. The molecule has 0 aliphatic rings. The lowest BCUT2D eigenvalue weighted by Gasteiger charge is -2.24. The summed E-state index contributed by atoms with van der Waals surface area (Å²) in [4.78, 5) is 0.0445. The molecule has 25 heavy (non-hydrogen) atoms. The van der Waals surface area contributed by atoms with Gasteiger partial charge in [-0.05, 0) is 30.3 Å². The first-order valence-electron chi connectivity index (χ1n) is 7.15. The number of halogens is 2. The molecule has 0 radical (unpaired) electrons. The third-order valence-corrected chi connectivity index (χ3v) is 5.60. The van der Waals surface area contributed by atoms with Gasteiger partial charge in [-0.25, -0.2) is 8.42 Å². The van der Waals surface area contributed by atoms with E-state index >= 15 is 0 Å². The number of nitrogens with zero attached hydrogens (tertiary/aromatic N) is 1. The SMILES string of the molecule is C=CCN(c1cc(Cl)cc(Cl)c1)S(=O)(=O)c1ccc(OC)c(OC)c1. The number of hydrogen-bond donors (Lipinski definition) is 0. The van der Waals surface area contributed by atoms with Gasteiger partial charge in [0.15, 0.2) is 11.5 Å². The Morgan fingerprint density at radius 3 is 2.16 bits per heavy atom. The van der Waals surface area contributed by atoms with Crippen molar-refractivity contribution in [3.8, 4) is 11.5 Å². The van der Waals surface area contributed by atoms with Crippen molar-refractivity contribution in [2.75, 3.05) is 25.1 Å². The van der Waals surface area contributed by atoms with E-state index < -0.39 is 10.0 Å². The monoisotopic (exact) mass is 401 g/mol. The zero-order valence-electron chi connectivity index (χ0n) is 13.7. The Morgan fingerprint density at radius 1 is 1.04 bits per heavy atom. The Kier molecular flexibility index (Phi) is 6.21. The summed E-state index contributed by atoms with van der Waals surface area (Å²) in [6.07, 6.45) is 1.48. The fraction of sp³-hybridized carbons (Fsp3) is 0.176. The summed E-state index contributed by atoms with van der Waals surface area (Å²) in [5.41, 5.74) is 0.340. The first-order chi connectivity index (χ1) is 11.8. The number of rotatable bonds is 7. The Bertz CT molecular complexity index is 864. The molecule has 0 fully saturated rings. The fourth-order valence-electron chi connectivity index (χ4n) is 2.25. The Hall–Kier alpha value is -1.89. The first kappa shape index (κ1) is 19.4. The minimum Gasteiger partial charge on any atom is -0.493 e. The molecular weight excluding hydrogens is 385 g/mol. The molecule has 2 aromatic rings. The topological polar surface area (TPSA) is 55.8 Å². The highest BCUT2D eigenvalue weighted by Gasteiger charge is 2.26. The predicted octanol–water partition coefficient (Wildman–Crippen LogP) is 4.39. The number of sulfonamides is 1. The molecule has 0 N–H and O–H groups in total. The summed E-state index contributed by atoms with van der Waals surface area (Å²) in [6, 6.07) is 8.95. The third kappa shape index (κ3) is 4.21. The van der Waals surface area contributed by atoms with E-state index in [1.807, 2.05) is 0 Å². The first-order valence-corrected chi connectivity index (χ1v) is 9.35. The average Bonchev–Trinajstić information content (AvgIpc) is 2.57. The highest BCUT2D eigenvalue weighted by molar-refractivity contribution is 7.92. The minimum atomic E-state index is -3.90. The van der Waals surface area contributed by atoms with E-state index in [4.69, 9.17) is 32.7 Å². The van der Waals surface area contributed by atoms with Gasteiger partial charge in [0, 0.05) is 16.1 Å². The molecule has 5 nitrogen and oxygen atoms in total. The molecule has 0 amide bonds. The van der Waals surface area contributed by atoms with E-state index in [1.165, 1.54) is 61.0 Å². The Balaban J connectivity index is 2.58. The predicted molar refractivity (Wildman–Crippen MR) is 101 cm³/mol. The van der Waals surface area contributed by atoms with Crippen LogP contribution in [0.1, 0.15) is 0 Å². The summed E-state index contributed by atoms with van der Waals surface area (Å²) in [5, 5.41) is 0.665. The van der Waals surface area contributed by atoms with Crippen molar-refractivity contribution < 1.29 is 17.9 Å². The molecule has 0 aliphatic carbocycles. The van der Waals surface area contributed by atoms with Crippen molar-refractivity contribution in [2.24, 2.45) is 0 Å². The number of hydrogen-bond acceptors (Lipinski definition) is 4. The molecule has 2 aromatic carbocycles. The highest BCUT2D eigenvalue weighted by atomic mass is 35.5. The van der Waals surface area contributed by atoms with Crippen LogP contribution in [0.5, 0.6) is 11.5 Å². The second kappa shape index (κ2) is 7.99. The van der Waals surface area contributed by atoms with Crippen molar-refractivity contribution in [1.29, 1.82) is 0 Å². The summed E-state index contributed by atoms with van der Waals surface area (Å²) in [5.74, 6) is 0.744. The van der Waals surface area contributed by atoms with E-state index in [2.05, 4.69) is 6.58 Å². The number of ether oxygens (including phenoxy) is 2. The van der Waals surface area contributed by atoms with Crippen LogP contribution in [0.4, 0.5) is 5.69 Å². The number of benzene rings is 2. The van der Waals surface area contributed by atoms with Crippen molar-refractivity contribution in [2.45, 2.75) is 4.90 Å². The van der Waals surface area contributed by atoms with Gasteiger partial charge >= 0.3 is 0 Å². The summed E-state index contributed by atoms with van der Waals surface area (Å²) >= 11 is 12.0. The summed E-state index contributed by atoms with van der Waals surface area (Å²) in [7, 11) is -0.985. The number of methoxy groups -OCH3 is 2. The van der Waals surface area contributed by atoms with Gasteiger partial charge in [-0.3, -0.25) is 4.31 Å². The largest absolute Gasteiger partial charge is 0.493 e. The van der Waals surface area contributed by atoms with Crippen LogP contribution in [0.2, 0.25) is 10.0 Å². The van der Waals surface area contributed by atoms with Crippen LogP contribution >= 0.6 is 23.2 Å². The molecule has 0 unspecified atom stereocenters. The van der Waals surface area contributed by atoms with Gasteiger partial charge < -0.3 is 9.47 Å². The average molecular weight is 402 g/mol. The third-order valence-electron chi connectivity index (χ3n) is 3.37. The molecule has 0 bridgehead atoms. The van der Waals surface area contributed by atoms with Crippen molar-refractivity contribution in [1.82, 2.24) is 0 Å². The van der Waals surface area contributed by atoms with Gasteiger partial charge in [0.05, 0.1) is 31.3 Å². The van der Waals surface area contributed by atoms with E-state index in [0.29, 0.717) is 27.2 Å².